The van der Waals surface area contributed by atoms with Crippen LogP contribution in [0.4, 0.5) is 0 Å². The minimum atomic E-state index is -1.16. The van der Waals surface area contributed by atoms with E-state index < -0.39 is 24.0 Å². The highest BCUT2D eigenvalue weighted by Gasteiger charge is 2.20. The molecule has 0 aliphatic heterocycles. The molecule has 0 aromatic carbocycles. The maximum absolute atomic E-state index is 11.9. The lowest BCUT2D eigenvalue weighted by Crippen LogP contribution is -2.49. The van der Waals surface area contributed by atoms with Crippen LogP contribution in [0, 0.1) is 0 Å². The van der Waals surface area contributed by atoms with E-state index in [4.69, 9.17) is 61.9 Å². The molecule has 296 valence electrons. The molecule has 0 aliphatic carbocycles. The number of rotatable bonds is 40. The Bertz CT molecular complexity index is 783. The van der Waals surface area contributed by atoms with Crippen LogP contribution in [0.15, 0.2) is 0 Å². The van der Waals surface area contributed by atoms with Crippen molar-refractivity contribution >= 4 is 17.8 Å². The molecule has 0 rings (SSSR count). The Morgan fingerprint density at radius 3 is 0.940 bits per heavy atom. The summed E-state index contributed by atoms with van der Waals surface area (Å²) in [4.78, 5) is 34.5. The molecule has 0 radical (unpaired) electrons. The van der Waals surface area contributed by atoms with Crippen molar-refractivity contribution in [3.05, 3.63) is 0 Å². The Balaban J connectivity index is 3.22. The van der Waals surface area contributed by atoms with Gasteiger partial charge in [-0.15, -0.1) is 0 Å². The molecule has 2 atom stereocenters. The van der Waals surface area contributed by atoms with Crippen LogP contribution in [-0.4, -0.2) is 194 Å². The predicted octanol–water partition coefficient (Wildman–Crippen LogP) is -0.700. The second-order valence-corrected chi connectivity index (χ2v) is 10.3. The monoisotopic (exact) mass is 730 g/mol. The average molecular weight is 731 g/mol. The summed E-state index contributed by atoms with van der Waals surface area (Å²) in [5.41, 5.74) is 0. The van der Waals surface area contributed by atoms with Gasteiger partial charge < -0.3 is 72.6 Å². The molecule has 0 unspecified atom stereocenters. The fourth-order valence-corrected chi connectivity index (χ4v) is 3.39. The van der Waals surface area contributed by atoms with Crippen LogP contribution in [0.5, 0.6) is 0 Å². The Labute approximate surface area is 296 Å². The van der Waals surface area contributed by atoms with E-state index in [9.17, 15) is 14.4 Å². The van der Waals surface area contributed by atoms with Gasteiger partial charge in [0.15, 0.2) is 0 Å². The maximum atomic E-state index is 11.9. The van der Waals surface area contributed by atoms with Gasteiger partial charge >= 0.3 is 5.97 Å². The van der Waals surface area contributed by atoms with Gasteiger partial charge in [-0.25, -0.2) is 0 Å². The summed E-state index contributed by atoms with van der Waals surface area (Å²) in [6, 6.07) is -1.90. The van der Waals surface area contributed by atoms with Crippen molar-refractivity contribution in [3.63, 3.8) is 0 Å². The number of methoxy groups -OCH3 is 1. The molecule has 0 spiro atoms. The molecule has 0 saturated heterocycles. The lowest BCUT2D eigenvalue weighted by molar-refractivity contribution is -0.141. The first-order chi connectivity index (χ1) is 24.4. The number of carbonyl (C=O) groups is 3. The van der Waals surface area contributed by atoms with Crippen LogP contribution in [-0.2, 0) is 71.2 Å². The van der Waals surface area contributed by atoms with Crippen LogP contribution in [0.25, 0.3) is 0 Å². The normalized spacial score (nSPS) is 12.5. The van der Waals surface area contributed by atoms with Crippen molar-refractivity contribution in [2.75, 3.05) is 159 Å². The molecule has 0 aromatic rings. The second kappa shape index (κ2) is 38.2. The van der Waals surface area contributed by atoms with Crippen molar-refractivity contribution < 1.29 is 76.3 Å². The number of carbonyl (C=O) groups excluding carboxylic acids is 2. The topological polar surface area (TPSA) is 206 Å². The first kappa shape index (κ1) is 47.9. The van der Waals surface area contributed by atoms with E-state index in [2.05, 4.69) is 10.6 Å². The van der Waals surface area contributed by atoms with Crippen molar-refractivity contribution in [3.8, 4) is 0 Å². The number of hydrogen-bond donors (Lipinski definition) is 3. The Kier molecular flexibility index (Phi) is 36.6. The predicted molar refractivity (Wildman–Crippen MR) is 178 cm³/mol. The van der Waals surface area contributed by atoms with E-state index in [-0.39, 0.29) is 18.9 Å². The molecule has 0 saturated carbocycles. The molecular formula is C32H62N2O16. The molecule has 2 amide bonds. The highest BCUT2D eigenvalue weighted by Crippen LogP contribution is 1.91. The van der Waals surface area contributed by atoms with E-state index in [1.807, 2.05) is 0 Å². The van der Waals surface area contributed by atoms with E-state index in [1.54, 1.807) is 7.11 Å². The number of aliphatic carboxylic acids is 1. The Morgan fingerprint density at radius 1 is 0.420 bits per heavy atom. The summed E-state index contributed by atoms with van der Waals surface area (Å²) in [7, 11) is 1.64. The standard InChI is InChI=1S/C32H62N2O16/c1-28(31(36)34-29(2)32(37)38)33-30(35)4-5-40-8-9-42-12-13-44-16-17-46-20-21-48-24-25-50-27-26-49-23-22-47-19-18-45-15-14-43-11-10-41-7-6-39-3/h28-29H,4-27H2,1-3H3,(H,33,35)(H,34,36)(H,37,38)/t28-,29+/m0/s1. The summed E-state index contributed by atoms with van der Waals surface area (Å²) in [6.07, 6.45) is 0.0607. The van der Waals surface area contributed by atoms with Crippen LogP contribution in [0.3, 0.4) is 0 Å². The van der Waals surface area contributed by atoms with Gasteiger partial charge in [-0.1, -0.05) is 0 Å². The first-order valence-electron chi connectivity index (χ1n) is 17.0. The molecule has 18 nitrogen and oxygen atoms in total. The van der Waals surface area contributed by atoms with Crippen LogP contribution in [0.1, 0.15) is 20.3 Å². The summed E-state index contributed by atoms with van der Waals surface area (Å²) >= 11 is 0. The minimum absolute atomic E-state index is 0.0607. The van der Waals surface area contributed by atoms with Crippen molar-refractivity contribution in [1.82, 2.24) is 10.6 Å². The molecule has 0 aliphatic rings. The quantitative estimate of drug-likeness (QED) is 0.0667. The van der Waals surface area contributed by atoms with Gasteiger partial charge in [0.05, 0.1) is 152 Å². The van der Waals surface area contributed by atoms with Crippen molar-refractivity contribution in [2.24, 2.45) is 0 Å². The summed E-state index contributed by atoms with van der Waals surface area (Å²) < 4.78 is 64.5. The van der Waals surface area contributed by atoms with Gasteiger partial charge in [-0.2, -0.15) is 0 Å². The number of hydrogen-bond acceptors (Lipinski definition) is 15. The lowest BCUT2D eigenvalue weighted by atomic mass is 10.2. The van der Waals surface area contributed by atoms with E-state index >= 15 is 0 Å². The number of carboxylic acid groups (broad SMARTS) is 1. The van der Waals surface area contributed by atoms with E-state index in [1.165, 1.54) is 13.8 Å². The summed E-state index contributed by atoms with van der Waals surface area (Å²) in [5, 5.41) is 13.6. The van der Waals surface area contributed by atoms with Crippen LogP contribution in [0.2, 0.25) is 0 Å². The fourth-order valence-electron chi connectivity index (χ4n) is 3.39. The molecule has 18 heteroatoms. The van der Waals surface area contributed by atoms with Gasteiger partial charge in [0, 0.05) is 13.5 Å². The molecule has 0 heterocycles. The summed E-state index contributed by atoms with van der Waals surface area (Å²) in [6.45, 7) is 13.4. The molecular weight excluding hydrogens is 668 g/mol. The Morgan fingerprint density at radius 2 is 0.680 bits per heavy atom. The van der Waals surface area contributed by atoms with Crippen molar-refractivity contribution in [2.45, 2.75) is 32.4 Å². The number of ether oxygens (including phenoxy) is 12. The third kappa shape index (κ3) is 35.7. The molecule has 50 heavy (non-hydrogen) atoms. The first-order valence-corrected chi connectivity index (χ1v) is 17.0. The van der Waals surface area contributed by atoms with Crippen LogP contribution < -0.4 is 10.6 Å². The lowest BCUT2D eigenvalue weighted by Gasteiger charge is -2.16. The van der Waals surface area contributed by atoms with Gasteiger partial charge in [-0.05, 0) is 13.8 Å². The summed E-state index contributed by atoms with van der Waals surface area (Å²) in [5.74, 6) is -2.11. The minimum Gasteiger partial charge on any atom is -0.480 e. The van der Waals surface area contributed by atoms with Crippen molar-refractivity contribution in [1.29, 1.82) is 0 Å². The Hall–Kier alpha value is -2.07. The van der Waals surface area contributed by atoms with Gasteiger partial charge in [0.25, 0.3) is 0 Å². The molecule has 3 N–H and O–H groups in total. The average Bonchev–Trinajstić information content (AvgIpc) is 3.09. The highest BCUT2D eigenvalue weighted by molar-refractivity contribution is 5.89. The fraction of sp³-hybridized carbons (Fsp3) is 0.906. The van der Waals surface area contributed by atoms with Gasteiger partial charge in [0.1, 0.15) is 12.1 Å². The van der Waals surface area contributed by atoms with Crippen LogP contribution >= 0.6 is 0 Å². The number of nitrogens with one attached hydrogen (secondary N) is 2. The number of amides is 2. The zero-order valence-corrected chi connectivity index (χ0v) is 30.2. The molecule has 0 fully saturated rings. The van der Waals surface area contributed by atoms with Gasteiger partial charge in [-0.3, -0.25) is 14.4 Å². The van der Waals surface area contributed by atoms with E-state index in [0.717, 1.165) is 0 Å². The third-order valence-corrected chi connectivity index (χ3v) is 6.13. The zero-order valence-electron chi connectivity index (χ0n) is 30.2. The third-order valence-electron chi connectivity index (χ3n) is 6.13. The molecule has 0 bridgehead atoms. The maximum Gasteiger partial charge on any atom is 0.325 e. The molecule has 0 aromatic heterocycles. The largest absolute Gasteiger partial charge is 0.480 e. The highest BCUT2D eigenvalue weighted by atomic mass is 16.6. The smallest absolute Gasteiger partial charge is 0.325 e. The SMILES string of the molecule is COCCOCCOCCOCCOCCOCCOCCOCCOCCOCCOCCOCCC(=O)N[C@@H](C)C(=O)N[C@H](C)C(=O)O. The van der Waals surface area contributed by atoms with E-state index in [0.29, 0.717) is 145 Å². The number of carboxylic acids is 1. The second-order valence-electron chi connectivity index (χ2n) is 10.3. The van der Waals surface area contributed by atoms with Gasteiger partial charge in [0.2, 0.25) is 11.8 Å². The zero-order chi connectivity index (χ0) is 36.8.